The second-order valence-corrected chi connectivity index (χ2v) is 5.08. The van der Waals surface area contributed by atoms with Crippen molar-refractivity contribution in [3.8, 4) is 0 Å². The summed E-state index contributed by atoms with van der Waals surface area (Å²) >= 11 is 3.05. The van der Waals surface area contributed by atoms with Crippen LogP contribution in [0.3, 0.4) is 0 Å². The molecule has 0 spiro atoms. The minimum absolute atomic E-state index is 0.0100. The molecule has 0 saturated heterocycles. The molecule has 0 aliphatic carbocycles. The quantitative estimate of drug-likeness (QED) is 0.867. The lowest BCUT2D eigenvalue weighted by molar-refractivity contribution is 0.0630. The molecular weight excluding hydrogens is 306 g/mol. The fraction of sp³-hybridized carbons (Fsp3) is 0.400. The Hall–Kier alpha value is -1.70. The van der Waals surface area contributed by atoms with Gasteiger partial charge in [0, 0.05) is 0 Å². The van der Waals surface area contributed by atoms with Gasteiger partial charge in [-0.15, -0.1) is 0 Å². The van der Waals surface area contributed by atoms with Gasteiger partial charge in [-0.3, -0.25) is 5.32 Å². The summed E-state index contributed by atoms with van der Waals surface area (Å²) in [5, 5.41) is 11.1. The first-order valence-electron chi connectivity index (χ1n) is 4.95. The number of anilines is 1. The summed E-state index contributed by atoms with van der Waals surface area (Å²) in [5.41, 5.74) is -0.932. The van der Waals surface area contributed by atoms with Crippen LogP contribution in [0.25, 0.3) is 0 Å². The lowest BCUT2D eigenvalue weighted by Gasteiger charge is -2.19. The zero-order chi connectivity index (χ0) is 13.9. The molecule has 0 aliphatic heterocycles. The van der Waals surface area contributed by atoms with Gasteiger partial charge in [-0.05, 0) is 36.7 Å². The van der Waals surface area contributed by atoms with E-state index in [1.807, 2.05) is 0 Å². The first-order valence-corrected chi connectivity index (χ1v) is 5.74. The molecule has 0 unspecified atom stereocenters. The van der Waals surface area contributed by atoms with Crippen LogP contribution in [0.2, 0.25) is 0 Å². The summed E-state index contributed by atoms with van der Waals surface area (Å²) in [4.78, 5) is 29.7. The van der Waals surface area contributed by atoms with Gasteiger partial charge in [0.1, 0.15) is 10.2 Å². The molecule has 1 aromatic heterocycles. The van der Waals surface area contributed by atoms with Gasteiger partial charge in [0.2, 0.25) is 0 Å². The van der Waals surface area contributed by atoms with Crippen LogP contribution in [-0.2, 0) is 4.74 Å². The van der Waals surface area contributed by atoms with Crippen molar-refractivity contribution < 1.29 is 19.4 Å². The van der Waals surface area contributed by atoms with Crippen LogP contribution in [0.1, 0.15) is 31.3 Å². The Morgan fingerprint density at radius 1 is 1.44 bits per heavy atom. The average Bonchev–Trinajstić information content (AvgIpc) is 2.18. The smallest absolute Gasteiger partial charge is 0.413 e. The third-order valence-electron chi connectivity index (χ3n) is 1.57. The van der Waals surface area contributed by atoms with Crippen molar-refractivity contribution in [1.82, 2.24) is 9.97 Å². The van der Waals surface area contributed by atoms with Gasteiger partial charge in [0.05, 0.1) is 6.20 Å². The Balaban J connectivity index is 2.87. The van der Waals surface area contributed by atoms with Crippen LogP contribution in [0.15, 0.2) is 10.8 Å². The van der Waals surface area contributed by atoms with E-state index in [-0.39, 0.29) is 16.1 Å². The van der Waals surface area contributed by atoms with Crippen molar-refractivity contribution >= 4 is 33.8 Å². The molecular formula is C10H12BrN3O4. The number of carboxylic acid groups (broad SMARTS) is 1. The highest BCUT2D eigenvalue weighted by atomic mass is 79.9. The number of nitrogens with one attached hydrogen (secondary N) is 1. The second kappa shape index (κ2) is 5.30. The molecule has 1 amide bonds. The maximum absolute atomic E-state index is 11.5. The molecule has 1 heterocycles. The van der Waals surface area contributed by atoms with Crippen molar-refractivity contribution in [3.63, 3.8) is 0 Å². The van der Waals surface area contributed by atoms with Crippen molar-refractivity contribution in [2.24, 2.45) is 0 Å². The highest BCUT2D eigenvalue weighted by Gasteiger charge is 2.18. The number of halogens is 1. The van der Waals surface area contributed by atoms with Crippen molar-refractivity contribution in [2.45, 2.75) is 26.4 Å². The number of carbonyl (C=O) groups is 2. The standard InChI is InChI=1S/C10H12BrN3O4/c1-10(2,3)18-9(17)14-7-6(11)12-4-5(13-7)8(15)16/h4H,1-3H3,(H,15,16)(H,13,14,17). The Kier molecular flexibility index (Phi) is 4.23. The Morgan fingerprint density at radius 2 is 2.06 bits per heavy atom. The van der Waals surface area contributed by atoms with Gasteiger partial charge in [-0.25, -0.2) is 19.6 Å². The summed E-state index contributed by atoms with van der Waals surface area (Å²) in [5.74, 6) is -1.24. The minimum atomic E-state index is -1.23. The molecule has 8 heteroatoms. The van der Waals surface area contributed by atoms with E-state index in [9.17, 15) is 9.59 Å². The molecule has 18 heavy (non-hydrogen) atoms. The lowest BCUT2D eigenvalue weighted by atomic mass is 10.2. The normalized spacial score (nSPS) is 10.9. The monoisotopic (exact) mass is 317 g/mol. The van der Waals surface area contributed by atoms with Crippen LogP contribution in [-0.4, -0.2) is 32.7 Å². The number of nitrogens with zero attached hydrogens (tertiary/aromatic N) is 2. The number of rotatable bonds is 2. The molecule has 0 saturated carbocycles. The SMILES string of the molecule is CC(C)(C)OC(=O)Nc1nc(C(=O)O)cnc1Br. The number of amides is 1. The summed E-state index contributed by atoms with van der Waals surface area (Å²) in [7, 11) is 0. The number of aromatic carboxylic acids is 1. The van der Waals surface area contributed by atoms with Crippen molar-refractivity contribution in [2.75, 3.05) is 5.32 Å². The minimum Gasteiger partial charge on any atom is -0.476 e. The Morgan fingerprint density at radius 3 is 2.56 bits per heavy atom. The molecule has 0 aromatic carbocycles. The summed E-state index contributed by atoms with van der Waals surface area (Å²) in [6, 6.07) is 0. The number of carbonyl (C=O) groups excluding carboxylic acids is 1. The second-order valence-electron chi connectivity index (χ2n) is 4.33. The molecule has 7 nitrogen and oxygen atoms in total. The predicted octanol–water partition coefficient (Wildman–Crippen LogP) is 2.28. The van der Waals surface area contributed by atoms with Gasteiger partial charge in [-0.1, -0.05) is 0 Å². The van der Waals surface area contributed by atoms with E-state index >= 15 is 0 Å². The third-order valence-corrected chi connectivity index (χ3v) is 2.15. The molecule has 0 atom stereocenters. The maximum atomic E-state index is 11.5. The summed E-state index contributed by atoms with van der Waals surface area (Å²) in [6.45, 7) is 5.13. The van der Waals surface area contributed by atoms with Crippen molar-refractivity contribution in [3.05, 3.63) is 16.5 Å². The van der Waals surface area contributed by atoms with E-state index in [1.165, 1.54) is 0 Å². The van der Waals surface area contributed by atoms with E-state index in [0.717, 1.165) is 6.20 Å². The van der Waals surface area contributed by atoms with Crippen LogP contribution < -0.4 is 5.32 Å². The predicted molar refractivity (Wildman–Crippen MR) is 66.5 cm³/mol. The van der Waals surface area contributed by atoms with E-state index in [0.29, 0.717) is 0 Å². The van der Waals surface area contributed by atoms with Crippen LogP contribution in [0.4, 0.5) is 10.6 Å². The average molecular weight is 318 g/mol. The molecule has 1 rings (SSSR count). The summed E-state index contributed by atoms with van der Waals surface area (Å²) < 4.78 is 5.23. The molecule has 0 fully saturated rings. The van der Waals surface area contributed by atoms with E-state index in [1.54, 1.807) is 20.8 Å². The first kappa shape index (κ1) is 14.4. The van der Waals surface area contributed by atoms with Gasteiger partial charge in [0.15, 0.2) is 11.5 Å². The highest BCUT2D eigenvalue weighted by molar-refractivity contribution is 9.10. The molecule has 2 N–H and O–H groups in total. The van der Waals surface area contributed by atoms with E-state index in [2.05, 4.69) is 31.2 Å². The topological polar surface area (TPSA) is 101 Å². The largest absolute Gasteiger partial charge is 0.476 e. The van der Waals surface area contributed by atoms with Crippen LogP contribution in [0, 0.1) is 0 Å². The molecule has 1 aromatic rings. The zero-order valence-electron chi connectivity index (χ0n) is 10.0. The Bertz CT molecular complexity index is 485. The lowest BCUT2D eigenvalue weighted by Crippen LogP contribution is -2.27. The number of hydrogen-bond acceptors (Lipinski definition) is 5. The molecule has 98 valence electrons. The van der Waals surface area contributed by atoms with Gasteiger partial charge in [-0.2, -0.15) is 0 Å². The number of carboxylic acids is 1. The molecule has 0 bridgehead atoms. The molecule has 0 aliphatic rings. The van der Waals surface area contributed by atoms with Gasteiger partial charge in [0.25, 0.3) is 0 Å². The number of hydrogen-bond donors (Lipinski definition) is 2. The fourth-order valence-electron chi connectivity index (χ4n) is 0.957. The van der Waals surface area contributed by atoms with Gasteiger partial charge >= 0.3 is 12.1 Å². The van der Waals surface area contributed by atoms with Crippen LogP contribution >= 0.6 is 15.9 Å². The number of aromatic nitrogens is 2. The van der Waals surface area contributed by atoms with E-state index < -0.39 is 17.7 Å². The first-order chi connectivity index (χ1) is 8.19. The maximum Gasteiger partial charge on any atom is 0.413 e. The molecule has 0 radical (unpaired) electrons. The van der Waals surface area contributed by atoms with Gasteiger partial charge < -0.3 is 9.84 Å². The van der Waals surface area contributed by atoms with Crippen LogP contribution in [0.5, 0.6) is 0 Å². The Labute approximate surface area is 112 Å². The summed E-state index contributed by atoms with van der Waals surface area (Å²) in [6.07, 6.45) is 0.340. The zero-order valence-corrected chi connectivity index (χ0v) is 11.6. The number of ether oxygens (including phenoxy) is 1. The third kappa shape index (κ3) is 4.28. The fourth-order valence-corrected chi connectivity index (χ4v) is 1.25. The van der Waals surface area contributed by atoms with E-state index in [4.69, 9.17) is 9.84 Å². The highest BCUT2D eigenvalue weighted by Crippen LogP contribution is 2.18. The van der Waals surface area contributed by atoms with Crippen molar-refractivity contribution in [1.29, 1.82) is 0 Å².